The van der Waals surface area contributed by atoms with Gasteiger partial charge in [0.05, 0.1) is 9.82 Å². The highest BCUT2D eigenvalue weighted by Gasteiger charge is 2.31. The topological polar surface area (TPSA) is 97.6 Å². The standard InChI is InChI=1S/C12H13FN2O5S/c13-11-2-1-10(7-12(11)15(17)18)21(19,20)14-5-3-9(8-16)4-6-14/h1-2,7-9H,3-6H2. The Balaban J connectivity index is 2.30. The molecule has 0 radical (unpaired) electrons. The molecule has 0 spiro atoms. The van der Waals surface area contributed by atoms with E-state index < -0.39 is 26.5 Å². The Kier molecular flexibility index (Phi) is 4.33. The third-order valence-electron chi connectivity index (χ3n) is 3.44. The SMILES string of the molecule is O=CC1CCN(S(=O)(=O)c2ccc(F)c([N+](=O)[O-])c2)CC1. The number of benzene rings is 1. The number of nitro groups is 1. The lowest BCUT2D eigenvalue weighted by Gasteiger charge is -2.28. The minimum atomic E-state index is -3.92. The second-order valence-corrected chi connectivity index (χ2v) is 6.69. The zero-order valence-electron chi connectivity index (χ0n) is 10.9. The Morgan fingerprint density at radius 1 is 1.33 bits per heavy atom. The van der Waals surface area contributed by atoms with Crippen molar-refractivity contribution in [1.29, 1.82) is 0 Å². The molecule has 1 heterocycles. The monoisotopic (exact) mass is 316 g/mol. The second kappa shape index (κ2) is 5.86. The number of hydrogen-bond donors (Lipinski definition) is 0. The lowest BCUT2D eigenvalue weighted by atomic mass is 10.0. The number of sulfonamides is 1. The predicted molar refractivity (Wildman–Crippen MR) is 70.6 cm³/mol. The van der Waals surface area contributed by atoms with Crippen molar-refractivity contribution in [1.82, 2.24) is 4.31 Å². The highest BCUT2D eigenvalue weighted by Crippen LogP contribution is 2.26. The third kappa shape index (κ3) is 3.08. The number of piperidine rings is 1. The van der Waals surface area contributed by atoms with Crippen LogP contribution in [0.3, 0.4) is 0 Å². The summed E-state index contributed by atoms with van der Waals surface area (Å²) in [6.07, 6.45) is 1.62. The van der Waals surface area contributed by atoms with Crippen LogP contribution in [0.1, 0.15) is 12.8 Å². The summed E-state index contributed by atoms with van der Waals surface area (Å²) in [6, 6.07) is 2.49. The van der Waals surface area contributed by atoms with E-state index in [1.165, 1.54) is 0 Å². The van der Waals surface area contributed by atoms with Crippen molar-refractivity contribution in [2.24, 2.45) is 5.92 Å². The zero-order chi connectivity index (χ0) is 15.6. The predicted octanol–water partition coefficient (Wildman–Crippen LogP) is 1.33. The molecule has 0 amide bonds. The van der Waals surface area contributed by atoms with Gasteiger partial charge in [0, 0.05) is 25.1 Å². The Morgan fingerprint density at radius 2 is 1.95 bits per heavy atom. The van der Waals surface area contributed by atoms with E-state index in [1.807, 2.05) is 0 Å². The number of carbonyl (C=O) groups excluding carboxylic acids is 1. The third-order valence-corrected chi connectivity index (χ3v) is 5.34. The van der Waals surface area contributed by atoms with Gasteiger partial charge in [-0.3, -0.25) is 10.1 Å². The van der Waals surface area contributed by atoms with Gasteiger partial charge in [-0.2, -0.15) is 8.70 Å². The van der Waals surface area contributed by atoms with E-state index in [1.54, 1.807) is 0 Å². The van der Waals surface area contributed by atoms with Crippen LogP contribution in [0.15, 0.2) is 23.1 Å². The van der Waals surface area contributed by atoms with E-state index in [0.29, 0.717) is 12.8 Å². The molecule has 0 bridgehead atoms. The lowest BCUT2D eigenvalue weighted by Crippen LogP contribution is -2.38. The highest BCUT2D eigenvalue weighted by atomic mass is 32.2. The van der Waals surface area contributed by atoms with Gasteiger partial charge in [-0.1, -0.05) is 0 Å². The fraction of sp³-hybridized carbons (Fsp3) is 0.417. The summed E-state index contributed by atoms with van der Waals surface area (Å²) in [5, 5.41) is 10.7. The molecule has 0 atom stereocenters. The minimum absolute atomic E-state index is 0.164. The number of halogens is 1. The minimum Gasteiger partial charge on any atom is -0.303 e. The van der Waals surface area contributed by atoms with E-state index in [9.17, 15) is 27.7 Å². The van der Waals surface area contributed by atoms with Crippen LogP contribution in [0.4, 0.5) is 10.1 Å². The second-order valence-electron chi connectivity index (χ2n) is 4.75. The van der Waals surface area contributed by atoms with Gasteiger partial charge in [0.15, 0.2) is 0 Å². The van der Waals surface area contributed by atoms with Gasteiger partial charge in [-0.05, 0) is 25.0 Å². The molecule has 21 heavy (non-hydrogen) atoms. The van der Waals surface area contributed by atoms with Crippen LogP contribution < -0.4 is 0 Å². The largest absolute Gasteiger partial charge is 0.306 e. The molecule has 114 valence electrons. The number of carbonyl (C=O) groups is 1. The zero-order valence-corrected chi connectivity index (χ0v) is 11.8. The van der Waals surface area contributed by atoms with E-state index in [2.05, 4.69) is 0 Å². The maximum Gasteiger partial charge on any atom is 0.306 e. The van der Waals surface area contributed by atoms with Gasteiger partial charge < -0.3 is 4.79 Å². The van der Waals surface area contributed by atoms with Crippen LogP contribution in [0.25, 0.3) is 0 Å². The normalized spacial score (nSPS) is 17.6. The molecule has 7 nitrogen and oxygen atoms in total. The fourth-order valence-corrected chi connectivity index (χ4v) is 3.68. The van der Waals surface area contributed by atoms with Gasteiger partial charge in [-0.15, -0.1) is 0 Å². The Bertz CT molecular complexity index is 668. The maximum absolute atomic E-state index is 13.3. The molecule has 1 fully saturated rings. The summed E-state index contributed by atoms with van der Waals surface area (Å²) >= 11 is 0. The summed E-state index contributed by atoms with van der Waals surface area (Å²) in [5.41, 5.74) is -0.876. The van der Waals surface area contributed by atoms with E-state index in [0.717, 1.165) is 28.8 Å². The molecular weight excluding hydrogens is 303 g/mol. The molecule has 9 heteroatoms. The molecule has 1 aliphatic rings. The summed E-state index contributed by atoms with van der Waals surface area (Å²) in [6.45, 7) is 0.327. The maximum atomic E-state index is 13.3. The molecule has 0 aliphatic carbocycles. The van der Waals surface area contributed by atoms with Crippen molar-refractivity contribution in [2.45, 2.75) is 17.7 Å². The summed E-state index contributed by atoms with van der Waals surface area (Å²) in [4.78, 5) is 20.1. The molecule has 0 saturated carbocycles. The van der Waals surface area contributed by atoms with Gasteiger partial charge in [-0.25, -0.2) is 8.42 Å². The first-order chi connectivity index (χ1) is 9.86. The van der Waals surface area contributed by atoms with Gasteiger partial charge >= 0.3 is 5.69 Å². The van der Waals surface area contributed by atoms with Gasteiger partial charge in [0.2, 0.25) is 15.8 Å². The highest BCUT2D eigenvalue weighted by molar-refractivity contribution is 7.89. The van der Waals surface area contributed by atoms with Crippen LogP contribution in [0.2, 0.25) is 0 Å². The Labute approximate surface area is 120 Å². The van der Waals surface area contributed by atoms with E-state index in [4.69, 9.17) is 0 Å². The van der Waals surface area contributed by atoms with Crippen LogP contribution in [0, 0.1) is 21.8 Å². The molecule has 0 N–H and O–H groups in total. The van der Waals surface area contributed by atoms with Crippen LogP contribution in [0.5, 0.6) is 0 Å². The van der Waals surface area contributed by atoms with Crippen LogP contribution in [-0.2, 0) is 14.8 Å². The number of nitrogens with zero attached hydrogens (tertiary/aromatic N) is 2. The van der Waals surface area contributed by atoms with Crippen LogP contribution >= 0.6 is 0 Å². The average Bonchev–Trinajstić information content (AvgIpc) is 2.47. The first-order valence-electron chi connectivity index (χ1n) is 6.25. The number of hydrogen-bond acceptors (Lipinski definition) is 5. The number of rotatable bonds is 4. The van der Waals surface area contributed by atoms with Crippen LogP contribution in [-0.4, -0.2) is 37.0 Å². The molecule has 1 aliphatic heterocycles. The van der Waals surface area contributed by atoms with Crippen molar-refractivity contribution < 1.29 is 22.5 Å². The number of aldehydes is 1. The molecule has 1 aromatic rings. The molecule has 0 aromatic heterocycles. The summed E-state index contributed by atoms with van der Waals surface area (Å²) in [5.74, 6) is -1.25. The molecule has 2 rings (SSSR count). The van der Waals surface area contributed by atoms with Crippen molar-refractivity contribution in [2.75, 3.05) is 13.1 Å². The Hall–Kier alpha value is -1.87. The van der Waals surface area contributed by atoms with Crippen molar-refractivity contribution in [3.8, 4) is 0 Å². The summed E-state index contributed by atoms with van der Waals surface area (Å²) < 4.78 is 39.1. The number of nitro benzene ring substituents is 1. The van der Waals surface area contributed by atoms with Gasteiger partial charge in [0.25, 0.3) is 0 Å². The fourth-order valence-electron chi connectivity index (χ4n) is 2.19. The van der Waals surface area contributed by atoms with Crippen molar-refractivity contribution >= 4 is 22.0 Å². The quantitative estimate of drug-likeness (QED) is 0.474. The van der Waals surface area contributed by atoms with E-state index >= 15 is 0 Å². The average molecular weight is 316 g/mol. The first-order valence-corrected chi connectivity index (χ1v) is 7.69. The van der Waals surface area contributed by atoms with Crippen molar-refractivity contribution in [3.63, 3.8) is 0 Å². The molecule has 1 saturated heterocycles. The van der Waals surface area contributed by atoms with Crippen molar-refractivity contribution in [3.05, 3.63) is 34.1 Å². The molecule has 1 aromatic carbocycles. The lowest BCUT2D eigenvalue weighted by molar-refractivity contribution is -0.387. The molecule has 0 unspecified atom stereocenters. The molecular formula is C12H13FN2O5S. The first kappa shape index (κ1) is 15.5. The summed E-state index contributed by atoms with van der Waals surface area (Å²) in [7, 11) is -3.92. The smallest absolute Gasteiger partial charge is 0.303 e. The van der Waals surface area contributed by atoms with Gasteiger partial charge in [0.1, 0.15) is 6.29 Å². The van der Waals surface area contributed by atoms with E-state index in [-0.39, 0.29) is 23.9 Å². The Morgan fingerprint density at radius 3 is 2.48 bits per heavy atom.